The second kappa shape index (κ2) is 9.34. The predicted octanol–water partition coefficient (Wildman–Crippen LogP) is 1.97. The van der Waals surface area contributed by atoms with Gasteiger partial charge in [0.25, 0.3) is 0 Å². The fourth-order valence-corrected chi connectivity index (χ4v) is 4.85. The molecule has 0 saturated carbocycles. The molecule has 2 saturated heterocycles. The first-order valence-electron chi connectivity index (χ1n) is 10.7. The van der Waals surface area contributed by atoms with Crippen molar-refractivity contribution in [2.24, 2.45) is 0 Å². The highest BCUT2D eigenvalue weighted by molar-refractivity contribution is 5.40. The van der Waals surface area contributed by atoms with E-state index in [2.05, 4.69) is 26.8 Å². The van der Waals surface area contributed by atoms with E-state index < -0.39 is 0 Å². The van der Waals surface area contributed by atoms with Crippen molar-refractivity contribution in [1.29, 1.82) is 0 Å². The maximum atomic E-state index is 14.0. The van der Waals surface area contributed by atoms with Gasteiger partial charge in [-0.25, -0.2) is 9.07 Å². The number of rotatable bonds is 6. The highest BCUT2D eigenvalue weighted by atomic mass is 19.1. The molecule has 6 nitrogen and oxygen atoms in total. The smallest absolute Gasteiger partial charge is 0.123 e. The molecule has 0 bridgehead atoms. The first-order chi connectivity index (χ1) is 14.1. The number of benzene rings is 1. The van der Waals surface area contributed by atoms with Crippen molar-refractivity contribution in [3.05, 3.63) is 48.0 Å². The van der Waals surface area contributed by atoms with Crippen LogP contribution in [0.5, 0.6) is 0 Å². The Morgan fingerprint density at radius 2 is 2.00 bits per heavy atom. The molecule has 29 heavy (non-hydrogen) atoms. The molecule has 158 valence electrons. The van der Waals surface area contributed by atoms with Gasteiger partial charge < -0.3 is 10.0 Å². The molecule has 0 spiro atoms. The summed E-state index contributed by atoms with van der Waals surface area (Å²) in [5, 5.41) is 14.0. The zero-order valence-corrected chi connectivity index (χ0v) is 17.3. The Bertz CT molecular complexity index is 776. The number of nitrogens with zero attached hydrogens (tertiary/aromatic N) is 5. The van der Waals surface area contributed by atoms with E-state index in [-0.39, 0.29) is 12.4 Å². The molecule has 1 aromatic carbocycles. The Balaban J connectivity index is 1.46. The van der Waals surface area contributed by atoms with E-state index in [4.69, 9.17) is 0 Å². The summed E-state index contributed by atoms with van der Waals surface area (Å²) in [5.74, 6) is -0.215. The molecule has 0 aliphatic carbocycles. The fraction of sp³-hybridized carbons (Fsp3) is 0.591. The van der Waals surface area contributed by atoms with Crippen LogP contribution in [0.2, 0.25) is 0 Å². The first kappa shape index (κ1) is 20.5. The first-order valence-corrected chi connectivity index (χ1v) is 10.7. The lowest BCUT2D eigenvalue weighted by Crippen LogP contribution is -2.58. The van der Waals surface area contributed by atoms with Gasteiger partial charge in [0, 0.05) is 57.3 Å². The SMILES string of the molecule is CN1CCC(N2CCN(Cc3cc(F)ccc3-n3cccn3)C[C@@H]2CCO)CC1. The molecular formula is C22H32FN5O. The number of hydrogen-bond acceptors (Lipinski definition) is 5. The van der Waals surface area contributed by atoms with Crippen LogP contribution in [-0.2, 0) is 6.54 Å². The van der Waals surface area contributed by atoms with Crippen molar-refractivity contribution >= 4 is 0 Å². The molecule has 1 atom stereocenters. The molecule has 1 N–H and O–H groups in total. The highest BCUT2D eigenvalue weighted by Crippen LogP contribution is 2.25. The average molecular weight is 402 g/mol. The summed E-state index contributed by atoms with van der Waals surface area (Å²) in [7, 11) is 2.19. The van der Waals surface area contributed by atoms with Gasteiger partial charge in [-0.1, -0.05) is 0 Å². The van der Waals surface area contributed by atoms with Crippen LogP contribution in [0.1, 0.15) is 24.8 Å². The minimum atomic E-state index is -0.215. The maximum absolute atomic E-state index is 14.0. The summed E-state index contributed by atoms with van der Waals surface area (Å²) >= 11 is 0. The van der Waals surface area contributed by atoms with Crippen molar-refractivity contribution in [1.82, 2.24) is 24.5 Å². The molecule has 2 aliphatic heterocycles. The van der Waals surface area contributed by atoms with Gasteiger partial charge in [-0.3, -0.25) is 9.80 Å². The van der Waals surface area contributed by atoms with Crippen LogP contribution in [0.25, 0.3) is 5.69 Å². The monoisotopic (exact) mass is 401 g/mol. The minimum absolute atomic E-state index is 0.208. The fourth-order valence-electron chi connectivity index (χ4n) is 4.85. The van der Waals surface area contributed by atoms with Gasteiger partial charge in [-0.05, 0) is 69.2 Å². The van der Waals surface area contributed by atoms with Crippen LogP contribution < -0.4 is 0 Å². The van der Waals surface area contributed by atoms with Gasteiger partial charge in [-0.15, -0.1) is 0 Å². The molecular weight excluding hydrogens is 369 g/mol. The normalized spacial score (nSPS) is 22.9. The molecule has 7 heteroatoms. The summed E-state index contributed by atoms with van der Waals surface area (Å²) in [6, 6.07) is 7.76. The number of likely N-dealkylation sites (tertiary alicyclic amines) is 1. The van der Waals surface area contributed by atoms with E-state index in [0.717, 1.165) is 50.4 Å². The standard InChI is InChI=1S/C22H32FN5O/c1-25-10-5-20(6-11-25)27-13-12-26(17-21(27)7-14-29)16-18-15-19(23)3-4-22(18)28-9-2-8-24-28/h2-4,8-9,15,20-21,29H,5-7,10-14,16-17H2,1H3/t21-/m0/s1. The predicted molar refractivity (Wildman–Crippen MR) is 112 cm³/mol. The van der Waals surface area contributed by atoms with Gasteiger partial charge in [0.2, 0.25) is 0 Å². The molecule has 1 aromatic heterocycles. The zero-order valence-electron chi connectivity index (χ0n) is 17.3. The highest BCUT2D eigenvalue weighted by Gasteiger charge is 2.33. The molecule has 3 heterocycles. The molecule has 0 radical (unpaired) electrons. The molecule has 0 unspecified atom stereocenters. The van der Waals surface area contributed by atoms with E-state index in [1.807, 2.05) is 12.3 Å². The molecule has 4 rings (SSSR count). The van der Waals surface area contributed by atoms with Gasteiger partial charge in [-0.2, -0.15) is 5.10 Å². The Morgan fingerprint density at radius 3 is 2.72 bits per heavy atom. The third-order valence-corrected chi connectivity index (χ3v) is 6.42. The summed E-state index contributed by atoms with van der Waals surface area (Å²) in [6.07, 6.45) is 6.82. The Labute approximate surface area is 172 Å². The summed E-state index contributed by atoms with van der Waals surface area (Å²) < 4.78 is 15.8. The lowest BCUT2D eigenvalue weighted by Gasteiger charge is -2.47. The third-order valence-electron chi connectivity index (χ3n) is 6.42. The number of hydrogen-bond donors (Lipinski definition) is 1. The van der Waals surface area contributed by atoms with Crippen LogP contribution in [0.4, 0.5) is 4.39 Å². The van der Waals surface area contributed by atoms with Gasteiger partial charge in [0.1, 0.15) is 5.82 Å². The number of halogens is 1. The van der Waals surface area contributed by atoms with E-state index >= 15 is 0 Å². The van der Waals surface area contributed by atoms with Crippen LogP contribution in [-0.4, -0.2) is 88.0 Å². The largest absolute Gasteiger partial charge is 0.396 e. The van der Waals surface area contributed by atoms with Crippen LogP contribution >= 0.6 is 0 Å². The minimum Gasteiger partial charge on any atom is -0.396 e. The van der Waals surface area contributed by atoms with Crippen molar-refractivity contribution in [3.8, 4) is 5.69 Å². The van der Waals surface area contributed by atoms with Crippen LogP contribution in [0.3, 0.4) is 0 Å². The van der Waals surface area contributed by atoms with Gasteiger partial charge >= 0.3 is 0 Å². The van der Waals surface area contributed by atoms with E-state index in [0.29, 0.717) is 18.6 Å². The summed E-state index contributed by atoms with van der Waals surface area (Å²) in [4.78, 5) is 7.42. The Hall–Kier alpha value is -1.80. The van der Waals surface area contributed by atoms with Crippen molar-refractivity contribution in [3.63, 3.8) is 0 Å². The summed E-state index contributed by atoms with van der Waals surface area (Å²) in [5.41, 5.74) is 1.87. The average Bonchev–Trinajstić information content (AvgIpc) is 3.24. The zero-order chi connectivity index (χ0) is 20.2. The van der Waals surface area contributed by atoms with E-state index in [1.54, 1.807) is 23.0 Å². The Morgan fingerprint density at radius 1 is 1.17 bits per heavy atom. The van der Waals surface area contributed by atoms with Crippen molar-refractivity contribution in [2.45, 2.75) is 37.9 Å². The number of aromatic nitrogens is 2. The second-order valence-electron chi connectivity index (χ2n) is 8.40. The Kier molecular flexibility index (Phi) is 6.60. The van der Waals surface area contributed by atoms with Crippen LogP contribution in [0.15, 0.2) is 36.7 Å². The quantitative estimate of drug-likeness (QED) is 0.802. The van der Waals surface area contributed by atoms with E-state index in [1.165, 1.54) is 18.9 Å². The second-order valence-corrected chi connectivity index (χ2v) is 8.40. The number of piperidine rings is 1. The third kappa shape index (κ3) is 4.86. The lowest BCUT2D eigenvalue weighted by molar-refractivity contribution is 0.00597. The number of piperazine rings is 1. The van der Waals surface area contributed by atoms with Gasteiger partial charge in [0.05, 0.1) is 5.69 Å². The van der Waals surface area contributed by atoms with Gasteiger partial charge in [0.15, 0.2) is 0 Å². The van der Waals surface area contributed by atoms with Crippen molar-refractivity contribution in [2.75, 3.05) is 46.4 Å². The molecule has 2 aliphatic rings. The molecule has 2 aromatic rings. The summed E-state index contributed by atoms with van der Waals surface area (Å²) in [6.45, 7) is 6.06. The lowest BCUT2D eigenvalue weighted by atomic mass is 9.98. The number of aliphatic hydroxyl groups is 1. The molecule has 2 fully saturated rings. The topological polar surface area (TPSA) is 47.8 Å². The maximum Gasteiger partial charge on any atom is 0.123 e. The van der Waals surface area contributed by atoms with Crippen LogP contribution in [0, 0.1) is 5.82 Å². The molecule has 0 amide bonds. The van der Waals surface area contributed by atoms with E-state index in [9.17, 15) is 9.50 Å². The number of aliphatic hydroxyl groups excluding tert-OH is 1. The van der Waals surface area contributed by atoms with Crippen molar-refractivity contribution < 1.29 is 9.50 Å².